The van der Waals surface area contributed by atoms with Crippen LogP contribution in [0.5, 0.6) is 0 Å². The van der Waals surface area contributed by atoms with Gasteiger partial charge >= 0.3 is 0 Å². The van der Waals surface area contributed by atoms with Gasteiger partial charge in [0, 0.05) is 36.1 Å². The molecule has 3 aliphatic rings. The normalized spacial score (nSPS) is 22.4. The van der Waals surface area contributed by atoms with Crippen molar-refractivity contribution in [3.63, 3.8) is 0 Å². The number of carbonyl (C=O) groups excluding carboxylic acids is 4. The van der Waals surface area contributed by atoms with Crippen molar-refractivity contribution in [3.05, 3.63) is 65.1 Å². The van der Waals surface area contributed by atoms with Crippen molar-refractivity contribution in [2.75, 3.05) is 11.9 Å². The highest BCUT2D eigenvalue weighted by molar-refractivity contribution is 6.23. The Labute approximate surface area is 227 Å². The number of halogens is 2. The fraction of sp³-hybridized carbons (Fsp3) is 0.357. The Morgan fingerprint density at radius 1 is 1.05 bits per heavy atom. The van der Waals surface area contributed by atoms with Crippen LogP contribution in [0.4, 0.5) is 14.5 Å². The van der Waals surface area contributed by atoms with Crippen LogP contribution in [0.3, 0.4) is 0 Å². The Bertz CT molecular complexity index is 1550. The molecule has 4 amide bonds. The highest BCUT2D eigenvalue weighted by Crippen LogP contribution is 2.40. The van der Waals surface area contributed by atoms with E-state index in [9.17, 15) is 28.0 Å². The maximum atomic E-state index is 13.7. The topological polar surface area (TPSA) is 126 Å². The number of nitrogens with one attached hydrogen (secondary N) is 2. The van der Waals surface area contributed by atoms with Crippen LogP contribution in [-0.2, 0) is 9.59 Å². The molecule has 12 heteroatoms. The fourth-order valence-corrected chi connectivity index (χ4v) is 5.57. The summed E-state index contributed by atoms with van der Waals surface area (Å²) in [7, 11) is 0. The van der Waals surface area contributed by atoms with Crippen molar-refractivity contribution in [2.45, 2.75) is 51.1 Å². The van der Waals surface area contributed by atoms with E-state index in [0.717, 1.165) is 23.4 Å². The van der Waals surface area contributed by atoms with Gasteiger partial charge in [-0.25, -0.2) is 8.78 Å². The van der Waals surface area contributed by atoms with Gasteiger partial charge in [0.05, 0.1) is 22.9 Å². The lowest BCUT2D eigenvalue weighted by Crippen LogP contribution is -2.54. The molecular weight excluding hydrogens is 522 g/mol. The molecule has 1 saturated carbocycles. The highest BCUT2D eigenvalue weighted by Gasteiger charge is 2.44. The number of aromatic nitrogens is 3. The number of nitrogens with zero attached hydrogens (tertiary/aromatic N) is 4. The minimum Gasteiger partial charge on any atom is -0.385 e. The van der Waals surface area contributed by atoms with E-state index in [1.54, 1.807) is 41.2 Å². The monoisotopic (exact) mass is 548 g/mol. The Morgan fingerprint density at radius 3 is 2.55 bits per heavy atom. The summed E-state index contributed by atoms with van der Waals surface area (Å²) in [6, 6.07) is 9.13. The fourth-order valence-electron chi connectivity index (χ4n) is 5.57. The first-order valence-electron chi connectivity index (χ1n) is 13.1. The number of benzene rings is 1. The van der Waals surface area contributed by atoms with Crippen LogP contribution >= 0.6 is 0 Å². The number of imide groups is 2. The number of hydrogen-bond acceptors (Lipinski definition) is 7. The molecule has 1 saturated heterocycles. The average Bonchev–Trinajstić information content (AvgIpc) is 3.43. The number of fused-ring (bicyclic) bond motifs is 1. The second-order valence-corrected chi connectivity index (χ2v) is 10.5. The van der Waals surface area contributed by atoms with E-state index in [4.69, 9.17) is 0 Å². The molecule has 40 heavy (non-hydrogen) atoms. The first-order valence-corrected chi connectivity index (χ1v) is 13.1. The van der Waals surface area contributed by atoms with E-state index in [-0.39, 0.29) is 41.6 Å². The number of anilines is 1. The maximum Gasteiger partial charge on any atom is 0.282 e. The van der Waals surface area contributed by atoms with Crippen molar-refractivity contribution in [1.82, 2.24) is 25.0 Å². The third-order valence-electron chi connectivity index (χ3n) is 7.75. The largest absolute Gasteiger partial charge is 0.385 e. The van der Waals surface area contributed by atoms with Gasteiger partial charge in [-0.2, -0.15) is 5.10 Å². The van der Waals surface area contributed by atoms with Crippen LogP contribution in [0.2, 0.25) is 0 Å². The standard InChI is InChI=1S/C28H26F2N6O4/c1-14-3-2-4-21(32-14)20-13-35(34-24(20)25(29)30)17-9-15(10-17)12-31-16-5-6-18-19(11-16)28(40)36(27(18)39)22-7-8-23(37)33-26(22)38/h2-6,11,13,15,17,22,25,31H,7-10,12H2,1H3,(H,33,37,38). The summed E-state index contributed by atoms with van der Waals surface area (Å²) < 4.78 is 29.0. The number of carbonyl (C=O) groups is 4. The Hall–Kier alpha value is -4.48. The average molecular weight is 549 g/mol. The van der Waals surface area contributed by atoms with Crippen LogP contribution in [0.1, 0.15) is 70.3 Å². The SMILES string of the molecule is Cc1cccc(-c2cn(C3CC(CNc4ccc5c(c4)C(=O)N(C4CCC(=O)NC4=O)C5=O)C3)nc2C(F)F)n1. The second kappa shape index (κ2) is 9.92. The molecule has 1 aliphatic carbocycles. The molecule has 2 fully saturated rings. The van der Waals surface area contributed by atoms with E-state index in [0.29, 0.717) is 23.5 Å². The Morgan fingerprint density at radius 2 is 1.82 bits per heavy atom. The van der Waals surface area contributed by atoms with Crippen molar-refractivity contribution in [2.24, 2.45) is 5.92 Å². The molecule has 1 aromatic carbocycles. The number of rotatable bonds is 7. The van der Waals surface area contributed by atoms with Gasteiger partial charge in [-0.05, 0) is 62.4 Å². The minimum absolute atomic E-state index is 0.0100. The second-order valence-electron chi connectivity index (χ2n) is 10.5. The molecular formula is C28H26F2N6O4. The smallest absolute Gasteiger partial charge is 0.282 e. The summed E-state index contributed by atoms with van der Waals surface area (Å²) >= 11 is 0. The van der Waals surface area contributed by atoms with E-state index in [1.807, 2.05) is 13.0 Å². The number of amides is 4. The lowest BCUT2D eigenvalue weighted by molar-refractivity contribution is -0.136. The Balaban J connectivity index is 1.09. The lowest BCUT2D eigenvalue weighted by atomic mass is 9.80. The van der Waals surface area contributed by atoms with Gasteiger partial charge in [0.15, 0.2) is 0 Å². The van der Waals surface area contributed by atoms with Gasteiger partial charge < -0.3 is 5.32 Å². The van der Waals surface area contributed by atoms with Crippen LogP contribution < -0.4 is 10.6 Å². The highest BCUT2D eigenvalue weighted by atomic mass is 19.3. The zero-order chi connectivity index (χ0) is 28.1. The summed E-state index contributed by atoms with van der Waals surface area (Å²) in [5.41, 5.74) is 2.35. The van der Waals surface area contributed by atoms with Crippen LogP contribution in [0.25, 0.3) is 11.3 Å². The van der Waals surface area contributed by atoms with E-state index >= 15 is 0 Å². The number of piperidine rings is 1. The summed E-state index contributed by atoms with van der Waals surface area (Å²) in [6.45, 7) is 2.40. The van der Waals surface area contributed by atoms with Gasteiger partial charge in [-0.1, -0.05) is 6.07 Å². The zero-order valence-corrected chi connectivity index (χ0v) is 21.6. The minimum atomic E-state index is -2.71. The van der Waals surface area contributed by atoms with Crippen molar-refractivity contribution in [3.8, 4) is 11.3 Å². The lowest BCUT2D eigenvalue weighted by Gasteiger charge is -2.35. The van der Waals surface area contributed by atoms with E-state index < -0.39 is 36.1 Å². The predicted octanol–water partition coefficient (Wildman–Crippen LogP) is 3.66. The molecule has 4 heterocycles. The van der Waals surface area contributed by atoms with Crippen LogP contribution in [-0.4, -0.2) is 55.9 Å². The molecule has 2 aromatic heterocycles. The zero-order valence-electron chi connectivity index (χ0n) is 21.6. The molecule has 1 unspecified atom stereocenters. The Kier molecular flexibility index (Phi) is 6.40. The number of aryl methyl sites for hydroxylation is 1. The molecule has 6 rings (SSSR count). The molecule has 3 aromatic rings. The quantitative estimate of drug-likeness (QED) is 0.432. The summed E-state index contributed by atoms with van der Waals surface area (Å²) in [6.07, 6.45) is 0.576. The molecule has 1 atom stereocenters. The molecule has 0 bridgehead atoms. The summed E-state index contributed by atoms with van der Waals surface area (Å²) in [4.78, 5) is 54.9. The summed E-state index contributed by atoms with van der Waals surface area (Å²) in [5.74, 6) is -1.92. The van der Waals surface area contributed by atoms with E-state index in [2.05, 4.69) is 20.7 Å². The number of alkyl halides is 2. The van der Waals surface area contributed by atoms with Crippen LogP contribution in [0.15, 0.2) is 42.6 Å². The van der Waals surface area contributed by atoms with E-state index in [1.165, 1.54) is 0 Å². The third kappa shape index (κ3) is 4.52. The number of pyridine rings is 1. The molecule has 0 radical (unpaired) electrons. The number of hydrogen-bond donors (Lipinski definition) is 2. The first kappa shape index (κ1) is 25.8. The molecule has 10 nitrogen and oxygen atoms in total. The molecule has 206 valence electrons. The van der Waals surface area contributed by atoms with Crippen molar-refractivity contribution in [1.29, 1.82) is 0 Å². The first-order chi connectivity index (χ1) is 19.2. The third-order valence-corrected chi connectivity index (χ3v) is 7.75. The molecule has 0 spiro atoms. The van der Waals surface area contributed by atoms with Crippen molar-refractivity contribution >= 4 is 29.3 Å². The summed E-state index contributed by atoms with van der Waals surface area (Å²) in [5, 5.41) is 9.66. The van der Waals surface area contributed by atoms with Gasteiger partial charge in [-0.3, -0.25) is 39.1 Å². The van der Waals surface area contributed by atoms with Gasteiger partial charge in [-0.15, -0.1) is 0 Å². The van der Waals surface area contributed by atoms with Crippen molar-refractivity contribution < 1.29 is 28.0 Å². The molecule has 2 aliphatic heterocycles. The van der Waals surface area contributed by atoms with Gasteiger partial charge in [0.25, 0.3) is 18.2 Å². The van der Waals surface area contributed by atoms with Gasteiger partial charge in [0.1, 0.15) is 11.7 Å². The van der Waals surface area contributed by atoms with Crippen LogP contribution in [0, 0.1) is 12.8 Å². The predicted molar refractivity (Wildman–Crippen MR) is 139 cm³/mol. The maximum absolute atomic E-state index is 13.7. The van der Waals surface area contributed by atoms with Gasteiger partial charge in [0.2, 0.25) is 11.8 Å². The molecule has 2 N–H and O–H groups in total.